The van der Waals surface area contributed by atoms with Gasteiger partial charge in [-0.3, -0.25) is 0 Å². The molecule has 1 aliphatic carbocycles. The first kappa shape index (κ1) is 15.0. The summed E-state index contributed by atoms with van der Waals surface area (Å²) in [5, 5.41) is 3.82. The van der Waals surface area contributed by atoms with E-state index in [1.165, 1.54) is 51.4 Å². The first-order valence-corrected chi connectivity index (χ1v) is 7.55. The monoisotopic (exact) mass is 241 g/mol. The first-order valence-electron chi connectivity index (χ1n) is 7.55. The van der Waals surface area contributed by atoms with Crippen molar-refractivity contribution in [1.82, 2.24) is 5.32 Å². The van der Waals surface area contributed by atoms with Crippen LogP contribution in [0.4, 0.5) is 0 Å². The molecule has 0 aliphatic heterocycles. The third kappa shape index (κ3) is 5.87. The minimum absolute atomic E-state index is 0.563. The van der Waals surface area contributed by atoms with E-state index in [9.17, 15) is 0 Å². The Balaban J connectivity index is 2.32. The molecule has 0 amide bonds. The van der Waals surface area contributed by atoms with Crippen molar-refractivity contribution in [3.05, 3.63) is 0 Å². The molecule has 0 radical (unpaired) electrons. The van der Waals surface area contributed by atoms with E-state index in [4.69, 9.17) is 4.74 Å². The molecule has 0 saturated heterocycles. The SMILES string of the molecule is CCCC(COC)NC1CCCC(CC)CC1. The summed E-state index contributed by atoms with van der Waals surface area (Å²) in [7, 11) is 1.81. The molecule has 0 heterocycles. The average Bonchev–Trinajstić information content (AvgIpc) is 2.55. The number of hydrogen-bond acceptors (Lipinski definition) is 2. The molecule has 1 N–H and O–H groups in total. The van der Waals surface area contributed by atoms with Crippen LogP contribution < -0.4 is 5.32 Å². The lowest BCUT2D eigenvalue weighted by atomic mass is 9.97. The molecule has 2 nitrogen and oxygen atoms in total. The normalized spacial score (nSPS) is 27.7. The minimum Gasteiger partial charge on any atom is -0.383 e. The van der Waals surface area contributed by atoms with Gasteiger partial charge in [0.2, 0.25) is 0 Å². The van der Waals surface area contributed by atoms with Crippen LogP contribution in [0.25, 0.3) is 0 Å². The summed E-state index contributed by atoms with van der Waals surface area (Å²) in [5.74, 6) is 0.980. The predicted octanol–water partition coefficient (Wildman–Crippen LogP) is 3.75. The van der Waals surface area contributed by atoms with Crippen LogP contribution in [-0.2, 0) is 4.74 Å². The van der Waals surface area contributed by atoms with Crippen molar-refractivity contribution in [1.29, 1.82) is 0 Å². The minimum atomic E-state index is 0.563. The van der Waals surface area contributed by atoms with Gasteiger partial charge in [-0.1, -0.05) is 39.5 Å². The molecule has 1 saturated carbocycles. The summed E-state index contributed by atoms with van der Waals surface area (Å²) in [6, 6.07) is 1.30. The van der Waals surface area contributed by atoms with Gasteiger partial charge in [-0.15, -0.1) is 0 Å². The highest BCUT2D eigenvalue weighted by Gasteiger charge is 2.20. The Kier molecular flexibility index (Phi) is 7.87. The van der Waals surface area contributed by atoms with Crippen LogP contribution in [0, 0.1) is 5.92 Å². The van der Waals surface area contributed by atoms with Crippen molar-refractivity contribution < 1.29 is 4.74 Å². The molecule has 1 rings (SSSR count). The summed E-state index contributed by atoms with van der Waals surface area (Å²) in [6.45, 7) is 5.45. The van der Waals surface area contributed by atoms with Crippen LogP contribution in [0.5, 0.6) is 0 Å². The van der Waals surface area contributed by atoms with E-state index in [0.717, 1.165) is 18.6 Å². The average molecular weight is 241 g/mol. The zero-order valence-electron chi connectivity index (χ0n) is 12.0. The fourth-order valence-electron chi connectivity index (χ4n) is 3.05. The summed E-state index contributed by atoms with van der Waals surface area (Å²) < 4.78 is 5.31. The molecular weight excluding hydrogens is 210 g/mol. The zero-order valence-corrected chi connectivity index (χ0v) is 12.0. The van der Waals surface area contributed by atoms with Crippen LogP contribution in [-0.4, -0.2) is 25.8 Å². The second kappa shape index (κ2) is 8.93. The third-order valence-electron chi connectivity index (χ3n) is 4.14. The molecule has 3 atom stereocenters. The highest BCUT2D eigenvalue weighted by molar-refractivity contribution is 4.78. The van der Waals surface area contributed by atoms with Gasteiger partial charge in [0.05, 0.1) is 6.61 Å². The summed E-state index contributed by atoms with van der Waals surface area (Å²) in [4.78, 5) is 0. The lowest BCUT2D eigenvalue weighted by Gasteiger charge is -2.24. The maximum absolute atomic E-state index is 5.31. The largest absolute Gasteiger partial charge is 0.383 e. The standard InChI is InChI=1S/C15H31NO/c1-4-7-15(12-17-3)16-14-9-6-8-13(5-2)10-11-14/h13-16H,4-12H2,1-3H3. The van der Waals surface area contributed by atoms with Crippen LogP contribution in [0.1, 0.15) is 65.2 Å². The zero-order chi connectivity index (χ0) is 12.5. The van der Waals surface area contributed by atoms with Crippen molar-refractivity contribution in [2.24, 2.45) is 5.92 Å². The van der Waals surface area contributed by atoms with Crippen molar-refractivity contribution in [3.8, 4) is 0 Å². The van der Waals surface area contributed by atoms with Gasteiger partial charge in [0.25, 0.3) is 0 Å². The van der Waals surface area contributed by atoms with Crippen LogP contribution >= 0.6 is 0 Å². The summed E-state index contributed by atoms with van der Waals surface area (Å²) in [5.41, 5.74) is 0. The van der Waals surface area contributed by atoms with Gasteiger partial charge in [-0.2, -0.15) is 0 Å². The second-order valence-electron chi connectivity index (χ2n) is 5.59. The van der Waals surface area contributed by atoms with E-state index < -0.39 is 0 Å². The fraction of sp³-hybridized carbons (Fsp3) is 1.00. The molecule has 0 spiro atoms. The Morgan fingerprint density at radius 1 is 1.18 bits per heavy atom. The Morgan fingerprint density at radius 3 is 2.65 bits per heavy atom. The molecular formula is C15H31NO. The van der Waals surface area contributed by atoms with Crippen molar-refractivity contribution >= 4 is 0 Å². The van der Waals surface area contributed by atoms with E-state index in [-0.39, 0.29) is 0 Å². The molecule has 102 valence electrons. The maximum Gasteiger partial charge on any atom is 0.0615 e. The van der Waals surface area contributed by atoms with Crippen molar-refractivity contribution in [2.45, 2.75) is 77.3 Å². The lowest BCUT2D eigenvalue weighted by molar-refractivity contribution is 0.154. The molecule has 0 bridgehead atoms. The van der Waals surface area contributed by atoms with Gasteiger partial charge in [0, 0.05) is 19.2 Å². The van der Waals surface area contributed by atoms with E-state index in [0.29, 0.717) is 6.04 Å². The molecule has 3 unspecified atom stereocenters. The van der Waals surface area contributed by atoms with Crippen LogP contribution in [0.3, 0.4) is 0 Å². The summed E-state index contributed by atoms with van der Waals surface area (Å²) in [6.07, 6.45) is 10.8. The second-order valence-corrected chi connectivity index (χ2v) is 5.59. The van der Waals surface area contributed by atoms with E-state index >= 15 is 0 Å². The van der Waals surface area contributed by atoms with E-state index in [2.05, 4.69) is 19.2 Å². The van der Waals surface area contributed by atoms with E-state index in [1.54, 1.807) is 0 Å². The molecule has 17 heavy (non-hydrogen) atoms. The van der Waals surface area contributed by atoms with Gasteiger partial charge in [-0.05, 0) is 31.6 Å². The fourth-order valence-corrected chi connectivity index (χ4v) is 3.05. The third-order valence-corrected chi connectivity index (χ3v) is 4.14. The smallest absolute Gasteiger partial charge is 0.0615 e. The van der Waals surface area contributed by atoms with Crippen LogP contribution in [0.15, 0.2) is 0 Å². The van der Waals surface area contributed by atoms with Gasteiger partial charge in [-0.25, -0.2) is 0 Å². The Morgan fingerprint density at radius 2 is 2.00 bits per heavy atom. The molecule has 0 aromatic heterocycles. The van der Waals surface area contributed by atoms with Crippen molar-refractivity contribution in [2.75, 3.05) is 13.7 Å². The number of hydrogen-bond donors (Lipinski definition) is 1. The highest BCUT2D eigenvalue weighted by Crippen LogP contribution is 2.25. The molecule has 1 aliphatic rings. The van der Waals surface area contributed by atoms with Crippen LogP contribution in [0.2, 0.25) is 0 Å². The number of rotatable bonds is 7. The topological polar surface area (TPSA) is 21.3 Å². The number of nitrogens with one attached hydrogen (secondary N) is 1. The molecule has 0 aromatic rings. The molecule has 0 aromatic carbocycles. The number of methoxy groups -OCH3 is 1. The Labute approximate surface area is 108 Å². The Hall–Kier alpha value is -0.0800. The Bertz CT molecular complexity index is 178. The van der Waals surface area contributed by atoms with Gasteiger partial charge in [0.1, 0.15) is 0 Å². The lowest BCUT2D eigenvalue weighted by Crippen LogP contribution is -2.40. The van der Waals surface area contributed by atoms with E-state index in [1.807, 2.05) is 7.11 Å². The number of ether oxygens (including phenoxy) is 1. The summed E-state index contributed by atoms with van der Waals surface area (Å²) >= 11 is 0. The van der Waals surface area contributed by atoms with Gasteiger partial charge < -0.3 is 10.1 Å². The molecule has 1 fully saturated rings. The van der Waals surface area contributed by atoms with Crippen molar-refractivity contribution in [3.63, 3.8) is 0 Å². The molecule has 2 heteroatoms. The van der Waals surface area contributed by atoms with Gasteiger partial charge >= 0.3 is 0 Å². The quantitative estimate of drug-likeness (QED) is 0.685. The predicted molar refractivity (Wildman–Crippen MR) is 74.4 cm³/mol. The first-order chi connectivity index (χ1) is 8.30. The maximum atomic E-state index is 5.31. The highest BCUT2D eigenvalue weighted by atomic mass is 16.5. The van der Waals surface area contributed by atoms with Gasteiger partial charge in [0.15, 0.2) is 0 Å².